The highest BCUT2D eigenvalue weighted by atomic mass is 32.1. The molecule has 0 radical (unpaired) electrons. The summed E-state index contributed by atoms with van der Waals surface area (Å²) < 4.78 is 59.1. The van der Waals surface area contributed by atoms with E-state index in [4.69, 9.17) is 14.2 Å². The lowest BCUT2D eigenvalue weighted by Gasteiger charge is -2.31. The van der Waals surface area contributed by atoms with E-state index < -0.39 is 34.9 Å². The van der Waals surface area contributed by atoms with Crippen LogP contribution in [0, 0.1) is 45.8 Å². The van der Waals surface area contributed by atoms with Gasteiger partial charge < -0.3 is 19.1 Å². The third-order valence-electron chi connectivity index (χ3n) is 7.76. The minimum atomic E-state index is -4.87. The summed E-state index contributed by atoms with van der Waals surface area (Å²) >= 11 is 1.34. The van der Waals surface area contributed by atoms with Crippen molar-refractivity contribution < 1.29 is 27.4 Å². The lowest BCUT2D eigenvalue weighted by atomic mass is 9.80. The Bertz CT molecular complexity index is 1510. The van der Waals surface area contributed by atoms with Crippen molar-refractivity contribution in [1.29, 1.82) is 15.8 Å². The Hall–Kier alpha value is -4.40. The van der Waals surface area contributed by atoms with Crippen LogP contribution in [0.3, 0.4) is 0 Å². The summed E-state index contributed by atoms with van der Waals surface area (Å²) in [6.45, 7) is 7.03. The summed E-state index contributed by atoms with van der Waals surface area (Å²) in [5.41, 5.74) is -1.66. The van der Waals surface area contributed by atoms with Crippen LogP contribution in [-0.2, 0) is 4.74 Å². The number of hydrogen-bond donors (Lipinski definition) is 0. The van der Waals surface area contributed by atoms with E-state index in [-0.39, 0.29) is 0 Å². The first-order valence-corrected chi connectivity index (χ1v) is 15.5. The molecule has 0 N–H and O–H groups in total. The molecule has 1 aromatic carbocycles. The van der Waals surface area contributed by atoms with Crippen LogP contribution in [0.15, 0.2) is 41.7 Å². The van der Waals surface area contributed by atoms with E-state index in [0.29, 0.717) is 16.4 Å². The molecule has 45 heavy (non-hydrogen) atoms. The summed E-state index contributed by atoms with van der Waals surface area (Å²) in [4.78, 5) is 3.82. The maximum atomic E-state index is 14.2. The molecule has 1 aliphatic rings. The first kappa shape index (κ1) is 35.1. The molecule has 2 heterocycles. The third-order valence-corrected chi connectivity index (χ3v) is 8.77. The van der Waals surface area contributed by atoms with Crippen molar-refractivity contribution in [3.63, 3.8) is 0 Å². The number of ether oxygens (including phenoxy) is 3. The molecule has 238 valence electrons. The molecule has 1 fully saturated rings. The number of halogens is 3. The first-order valence-electron chi connectivity index (χ1n) is 14.7. The predicted molar refractivity (Wildman–Crippen MR) is 170 cm³/mol. The molecule has 0 bridgehead atoms. The van der Waals surface area contributed by atoms with Gasteiger partial charge in [0.1, 0.15) is 35.3 Å². The fourth-order valence-corrected chi connectivity index (χ4v) is 5.94. The number of hydrogen-bond acceptors (Lipinski definition) is 8. The number of allylic oxidation sites excluding steroid dienone is 2. The molecule has 1 aliphatic heterocycles. The summed E-state index contributed by atoms with van der Waals surface area (Å²) in [5, 5.41) is 28.2. The number of methoxy groups -OCH3 is 2. The SMILES string of the molecule is CCCCN(CCCC)c1cc(OC)c(/C=C/c2ccc(/C=C/C3C(C#N)C(=C(C#N)C#N)OC3(C)C(F)(F)F)s2)c(OC)c1. The Balaban J connectivity index is 1.92. The van der Waals surface area contributed by atoms with Crippen LogP contribution in [0.5, 0.6) is 11.5 Å². The maximum absolute atomic E-state index is 14.2. The van der Waals surface area contributed by atoms with Gasteiger partial charge in [-0.25, -0.2) is 0 Å². The van der Waals surface area contributed by atoms with E-state index in [1.165, 1.54) is 35.6 Å². The van der Waals surface area contributed by atoms with Crippen molar-refractivity contribution in [3.05, 3.63) is 57.0 Å². The number of anilines is 1. The van der Waals surface area contributed by atoms with Crippen LogP contribution in [0.25, 0.3) is 18.2 Å². The summed E-state index contributed by atoms with van der Waals surface area (Å²) in [6.07, 6.45) is 5.98. The molecule has 3 unspecified atom stereocenters. The van der Waals surface area contributed by atoms with Crippen LogP contribution in [0.4, 0.5) is 18.9 Å². The van der Waals surface area contributed by atoms with Gasteiger partial charge in [0.25, 0.3) is 0 Å². The molecule has 1 aromatic heterocycles. The van der Waals surface area contributed by atoms with Gasteiger partial charge in [0.15, 0.2) is 5.57 Å². The number of benzene rings is 1. The van der Waals surface area contributed by atoms with E-state index in [2.05, 4.69) is 18.7 Å². The largest absolute Gasteiger partial charge is 0.496 e. The van der Waals surface area contributed by atoms with E-state index in [1.54, 1.807) is 26.4 Å². The van der Waals surface area contributed by atoms with Gasteiger partial charge in [0.2, 0.25) is 5.60 Å². The second-order valence-corrected chi connectivity index (χ2v) is 11.8. The Kier molecular flexibility index (Phi) is 12.1. The molecule has 0 aliphatic carbocycles. The lowest BCUT2D eigenvalue weighted by Crippen LogP contribution is -2.47. The number of unbranched alkanes of at least 4 members (excludes halogenated alkanes) is 2. The molecular formula is C34H37F3N4O3S. The summed E-state index contributed by atoms with van der Waals surface area (Å²) in [5.74, 6) is -2.17. The molecule has 0 amide bonds. The Morgan fingerprint density at radius 2 is 1.53 bits per heavy atom. The van der Waals surface area contributed by atoms with Crippen molar-refractivity contribution in [2.75, 3.05) is 32.2 Å². The standard InChI is InChI=1S/C34H37F3N4O3S/c1-6-8-16-41(17-9-7-2)24-18-30(42-4)27(31(19-24)43-5)14-12-25-10-11-26(45-25)13-15-29-28(22-40)32(23(20-38)21-39)44-33(29,3)34(35,36)37/h10-15,18-19,28-29H,6-9,16-17H2,1-5H3/b14-12+,15-13+. The Labute approximate surface area is 267 Å². The van der Waals surface area contributed by atoms with Gasteiger partial charge in [-0.1, -0.05) is 32.8 Å². The summed E-state index contributed by atoms with van der Waals surface area (Å²) in [6, 6.07) is 12.5. The van der Waals surface area contributed by atoms with Crippen molar-refractivity contribution in [2.24, 2.45) is 11.8 Å². The van der Waals surface area contributed by atoms with Gasteiger partial charge in [-0.05, 0) is 50.1 Å². The van der Waals surface area contributed by atoms with E-state index in [1.807, 2.05) is 30.4 Å². The fraction of sp³-hybridized carbons (Fsp3) is 0.441. The average Bonchev–Trinajstić information content (AvgIpc) is 3.60. The topological polar surface area (TPSA) is 102 Å². The molecule has 3 rings (SSSR count). The van der Waals surface area contributed by atoms with Crippen LogP contribution >= 0.6 is 11.3 Å². The highest BCUT2D eigenvalue weighted by molar-refractivity contribution is 7.13. The van der Waals surface area contributed by atoms with Gasteiger partial charge in [0, 0.05) is 46.6 Å². The van der Waals surface area contributed by atoms with Crippen LogP contribution in [0.2, 0.25) is 0 Å². The molecule has 1 saturated heterocycles. The van der Waals surface area contributed by atoms with Gasteiger partial charge >= 0.3 is 6.18 Å². The zero-order chi connectivity index (χ0) is 33.2. The van der Waals surface area contributed by atoms with Crippen molar-refractivity contribution in [2.45, 2.75) is 58.2 Å². The monoisotopic (exact) mass is 638 g/mol. The normalized spacial score (nSPS) is 19.6. The van der Waals surface area contributed by atoms with Crippen LogP contribution in [-0.4, -0.2) is 39.1 Å². The Morgan fingerprint density at radius 3 is 2.00 bits per heavy atom. The molecular weight excluding hydrogens is 601 g/mol. The Morgan fingerprint density at radius 1 is 0.978 bits per heavy atom. The number of alkyl halides is 3. The molecule has 3 atom stereocenters. The van der Waals surface area contributed by atoms with Gasteiger partial charge in [0.05, 0.1) is 25.9 Å². The zero-order valence-electron chi connectivity index (χ0n) is 26.1. The molecule has 0 spiro atoms. The second kappa shape index (κ2) is 15.5. The third kappa shape index (κ3) is 7.82. The van der Waals surface area contributed by atoms with Crippen LogP contribution < -0.4 is 14.4 Å². The quantitative estimate of drug-likeness (QED) is 0.202. The fourth-order valence-electron chi connectivity index (χ4n) is 5.11. The maximum Gasteiger partial charge on any atom is 0.428 e. The highest BCUT2D eigenvalue weighted by Gasteiger charge is 2.65. The van der Waals surface area contributed by atoms with Crippen LogP contribution in [0.1, 0.15) is 61.8 Å². The molecule has 2 aromatic rings. The van der Waals surface area contributed by atoms with Gasteiger partial charge in [-0.2, -0.15) is 29.0 Å². The second-order valence-electron chi connectivity index (χ2n) is 10.7. The van der Waals surface area contributed by atoms with E-state index >= 15 is 0 Å². The van der Waals surface area contributed by atoms with E-state index in [0.717, 1.165) is 61.8 Å². The number of nitrogens with zero attached hydrogens (tertiary/aromatic N) is 4. The molecule has 11 heteroatoms. The molecule has 0 saturated carbocycles. The first-order chi connectivity index (χ1) is 21.5. The number of thiophene rings is 1. The minimum absolute atomic E-state index is 0.556. The highest BCUT2D eigenvalue weighted by Crippen LogP contribution is 2.52. The lowest BCUT2D eigenvalue weighted by molar-refractivity contribution is -0.257. The average molecular weight is 639 g/mol. The van der Waals surface area contributed by atoms with E-state index in [9.17, 15) is 29.0 Å². The summed E-state index contributed by atoms with van der Waals surface area (Å²) in [7, 11) is 3.22. The minimum Gasteiger partial charge on any atom is -0.496 e. The van der Waals surface area contributed by atoms with Crippen molar-refractivity contribution >= 4 is 35.3 Å². The number of nitriles is 3. The van der Waals surface area contributed by atoms with Gasteiger partial charge in [-0.15, -0.1) is 11.3 Å². The van der Waals surface area contributed by atoms with Gasteiger partial charge in [-0.3, -0.25) is 0 Å². The molecule has 7 nitrogen and oxygen atoms in total. The van der Waals surface area contributed by atoms with Crippen molar-refractivity contribution in [1.82, 2.24) is 0 Å². The zero-order valence-corrected chi connectivity index (χ0v) is 26.9. The predicted octanol–water partition coefficient (Wildman–Crippen LogP) is 8.76. The van der Waals surface area contributed by atoms with Crippen molar-refractivity contribution in [3.8, 4) is 29.7 Å². The number of rotatable bonds is 13. The smallest absolute Gasteiger partial charge is 0.428 e.